The molecule has 3 nitrogen and oxygen atoms in total. The van der Waals surface area contributed by atoms with Gasteiger partial charge in [-0.15, -0.1) is 0 Å². The summed E-state index contributed by atoms with van der Waals surface area (Å²) in [5.41, 5.74) is 2.71. The van der Waals surface area contributed by atoms with Gasteiger partial charge in [0.1, 0.15) is 6.10 Å². The van der Waals surface area contributed by atoms with Gasteiger partial charge >= 0.3 is 0 Å². The SMILES string of the molecule is OC(c1ccsc1)c1cnn2ccccc12. The van der Waals surface area contributed by atoms with Crippen LogP contribution in [0.3, 0.4) is 0 Å². The van der Waals surface area contributed by atoms with Gasteiger partial charge in [-0.25, -0.2) is 4.52 Å². The van der Waals surface area contributed by atoms with Gasteiger partial charge in [0.25, 0.3) is 0 Å². The number of nitrogens with zero attached hydrogens (tertiary/aromatic N) is 2. The standard InChI is InChI=1S/C12H10N2OS/c15-12(9-4-6-16-8-9)10-7-13-14-5-2-1-3-11(10)14/h1-8,12,15H. The molecule has 0 aliphatic rings. The molecule has 1 unspecified atom stereocenters. The first-order chi connectivity index (χ1) is 7.86. The zero-order valence-electron chi connectivity index (χ0n) is 8.45. The maximum atomic E-state index is 10.2. The Kier molecular flexibility index (Phi) is 2.23. The van der Waals surface area contributed by atoms with Crippen molar-refractivity contribution in [1.82, 2.24) is 9.61 Å². The number of aromatic nitrogens is 2. The van der Waals surface area contributed by atoms with Crippen LogP contribution in [0, 0.1) is 0 Å². The molecule has 3 rings (SSSR count). The fourth-order valence-electron chi connectivity index (χ4n) is 1.78. The predicted octanol–water partition coefficient (Wildman–Crippen LogP) is 2.48. The van der Waals surface area contributed by atoms with E-state index < -0.39 is 6.10 Å². The maximum absolute atomic E-state index is 10.2. The summed E-state index contributed by atoms with van der Waals surface area (Å²) in [6, 6.07) is 7.75. The van der Waals surface area contributed by atoms with Gasteiger partial charge < -0.3 is 5.11 Å². The Balaban J connectivity index is 2.12. The molecule has 0 aliphatic carbocycles. The van der Waals surface area contributed by atoms with E-state index in [9.17, 15) is 5.11 Å². The molecule has 0 aliphatic heterocycles. The molecule has 1 N–H and O–H groups in total. The Bertz CT molecular complexity index is 600. The molecular weight excluding hydrogens is 220 g/mol. The van der Waals surface area contributed by atoms with Gasteiger partial charge in [-0.1, -0.05) is 6.07 Å². The number of thiophene rings is 1. The molecule has 1 atom stereocenters. The van der Waals surface area contributed by atoms with Gasteiger partial charge in [-0.05, 0) is 34.5 Å². The van der Waals surface area contributed by atoms with E-state index in [1.54, 1.807) is 22.0 Å². The molecule has 16 heavy (non-hydrogen) atoms. The average Bonchev–Trinajstić information content (AvgIpc) is 2.98. The van der Waals surface area contributed by atoms with Crippen molar-refractivity contribution >= 4 is 16.9 Å². The van der Waals surface area contributed by atoms with Gasteiger partial charge in [0.15, 0.2) is 0 Å². The highest BCUT2D eigenvalue weighted by Crippen LogP contribution is 2.26. The second kappa shape index (κ2) is 3.73. The molecule has 4 heteroatoms. The number of pyridine rings is 1. The Morgan fingerprint density at radius 3 is 3.06 bits per heavy atom. The number of hydrogen-bond donors (Lipinski definition) is 1. The fourth-order valence-corrected chi connectivity index (χ4v) is 2.45. The fraction of sp³-hybridized carbons (Fsp3) is 0.0833. The van der Waals surface area contributed by atoms with Crippen molar-refractivity contribution in [2.45, 2.75) is 6.10 Å². The lowest BCUT2D eigenvalue weighted by Gasteiger charge is -2.06. The van der Waals surface area contributed by atoms with Gasteiger partial charge in [0, 0.05) is 11.8 Å². The van der Waals surface area contributed by atoms with Crippen LogP contribution < -0.4 is 0 Å². The smallest absolute Gasteiger partial charge is 0.108 e. The molecule has 3 heterocycles. The van der Waals surface area contributed by atoms with Gasteiger partial charge in [-0.3, -0.25) is 0 Å². The number of fused-ring (bicyclic) bond motifs is 1. The third-order valence-electron chi connectivity index (χ3n) is 2.61. The molecule has 3 aromatic rings. The van der Waals surface area contributed by atoms with E-state index >= 15 is 0 Å². The first-order valence-corrected chi connectivity index (χ1v) is 5.93. The lowest BCUT2D eigenvalue weighted by molar-refractivity contribution is 0.222. The largest absolute Gasteiger partial charge is 0.383 e. The highest BCUT2D eigenvalue weighted by atomic mass is 32.1. The van der Waals surface area contributed by atoms with E-state index in [1.807, 2.05) is 41.2 Å². The third kappa shape index (κ3) is 1.43. The molecule has 80 valence electrons. The minimum Gasteiger partial charge on any atom is -0.383 e. The summed E-state index contributed by atoms with van der Waals surface area (Å²) in [6.45, 7) is 0. The van der Waals surface area contributed by atoms with E-state index in [-0.39, 0.29) is 0 Å². The Labute approximate surface area is 96.6 Å². The van der Waals surface area contributed by atoms with Gasteiger partial charge in [-0.2, -0.15) is 16.4 Å². The zero-order chi connectivity index (χ0) is 11.0. The molecular formula is C12H10N2OS. The second-order valence-corrected chi connectivity index (χ2v) is 4.37. The summed E-state index contributed by atoms with van der Waals surface area (Å²) < 4.78 is 1.77. The topological polar surface area (TPSA) is 37.5 Å². The first-order valence-electron chi connectivity index (χ1n) is 4.98. The third-order valence-corrected chi connectivity index (χ3v) is 3.31. The summed E-state index contributed by atoms with van der Waals surface area (Å²) in [7, 11) is 0. The predicted molar refractivity (Wildman–Crippen MR) is 63.6 cm³/mol. The average molecular weight is 230 g/mol. The monoisotopic (exact) mass is 230 g/mol. The summed E-state index contributed by atoms with van der Waals surface area (Å²) in [6.07, 6.45) is 3.00. The number of aliphatic hydroxyl groups excluding tert-OH is 1. The van der Waals surface area contributed by atoms with Crippen molar-refractivity contribution in [1.29, 1.82) is 0 Å². The van der Waals surface area contributed by atoms with Gasteiger partial charge in [0.2, 0.25) is 0 Å². The lowest BCUT2D eigenvalue weighted by atomic mass is 10.1. The Hall–Kier alpha value is -1.65. The Morgan fingerprint density at radius 2 is 2.25 bits per heavy atom. The summed E-state index contributed by atoms with van der Waals surface area (Å²) >= 11 is 1.58. The molecule has 0 radical (unpaired) electrons. The molecule has 0 aromatic carbocycles. The van der Waals surface area contributed by atoms with Crippen molar-refractivity contribution in [3.05, 3.63) is 58.5 Å². The zero-order valence-corrected chi connectivity index (χ0v) is 9.26. The molecule has 0 spiro atoms. The van der Waals surface area contributed by atoms with Crippen LogP contribution in [0.2, 0.25) is 0 Å². The van der Waals surface area contributed by atoms with E-state index in [2.05, 4.69) is 5.10 Å². The molecule has 3 aromatic heterocycles. The first kappa shape index (κ1) is 9.57. The van der Waals surface area contributed by atoms with Crippen molar-refractivity contribution < 1.29 is 5.11 Å². The Morgan fingerprint density at radius 1 is 1.31 bits per heavy atom. The maximum Gasteiger partial charge on any atom is 0.108 e. The van der Waals surface area contributed by atoms with Crippen molar-refractivity contribution in [2.75, 3.05) is 0 Å². The summed E-state index contributed by atoms with van der Waals surface area (Å²) in [5, 5.41) is 18.3. The summed E-state index contributed by atoms with van der Waals surface area (Å²) in [5.74, 6) is 0. The number of rotatable bonds is 2. The van der Waals surface area contributed by atoms with Crippen molar-refractivity contribution in [3.8, 4) is 0 Å². The van der Waals surface area contributed by atoms with Crippen LogP contribution in [-0.2, 0) is 0 Å². The normalized spacial score (nSPS) is 13.1. The molecule has 0 fully saturated rings. The van der Waals surface area contributed by atoms with Crippen LogP contribution in [0.15, 0.2) is 47.4 Å². The lowest BCUT2D eigenvalue weighted by Crippen LogP contribution is -1.97. The number of hydrogen-bond acceptors (Lipinski definition) is 3. The van der Waals surface area contributed by atoms with Crippen LogP contribution in [0.5, 0.6) is 0 Å². The van der Waals surface area contributed by atoms with Crippen LogP contribution in [0.25, 0.3) is 5.52 Å². The van der Waals surface area contributed by atoms with Crippen molar-refractivity contribution in [3.63, 3.8) is 0 Å². The molecule has 0 bridgehead atoms. The summed E-state index contributed by atoms with van der Waals surface area (Å²) in [4.78, 5) is 0. The van der Waals surface area contributed by atoms with E-state index in [0.29, 0.717) is 0 Å². The van der Waals surface area contributed by atoms with Crippen LogP contribution >= 0.6 is 11.3 Å². The molecule has 0 amide bonds. The highest BCUT2D eigenvalue weighted by Gasteiger charge is 2.15. The molecule has 0 saturated heterocycles. The van der Waals surface area contributed by atoms with E-state index in [1.165, 1.54) is 0 Å². The number of aliphatic hydroxyl groups is 1. The van der Waals surface area contributed by atoms with E-state index in [0.717, 1.165) is 16.6 Å². The quantitative estimate of drug-likeness (QED) is 0.734. The van der Waals surface area contributed by atoms with Crippen LogP contribution in [-0.4, -0.2) is 14.7 Å². The minimum atomic E-state index is -0.592. The highest BCUT2D eigenvalue weighted by molar-refractivity contribution is 7.07. The van der Waals surface area contributed by atoms with Gasteiger partial charge in [0.05, 0.1) is 11.7 Å². The second-order valence-electron chi connectivity index (χ2n) is 3.59. The van der Waals surface area contributed by atoms with Crippen LogP contribution in [0.4, 0.5) is 0 Å². The van der Waals surface area contributed by atoms with Crippen LogP contribution in [0.1, 0.15) is 17.2 Å². The van der Waals surface area contributed by atoms with E-state index in [4.69, 9.17) is 0 Å². The minimum absolute atomic E-state index is 0.592. The molecule has 0 saturated carbocycles. The van der Waals surface area contributed by atoms with Crippen molar-refractivity contribution in [2.24, 2.45) is 0 Å².